The van der Waals surface area contributed by atoms with E-state index in [-0.39, 0.29) is 12.3 Å². The van der Waals surface area contributed by atoms with E-state index < -0.39 is 27.2 Å². The summed E-state index contributed by atoms with van der Waals surface area (Å²) in [5.74, 6) is 0.206. The van der Waals surface area contributed by atoms with Crippen molar-refractivity contribution in [1.29, 1.82) is 0 Å². The third kappa shape index (κ3) is 4.18. The fourth-order valence-corrected chi connectivity index (χ4v) is 4.11. The van der Waals surface area contributed by atoms with Crippen molar-refractivity contribution in [1.82, 2.24) is 5.32 Å². The van der Waals surface area contributed by atoms with Gasteiger partial charge >= 0.3 is 6.03 Å². The first-order chi connectivity index (χ1) is 9.88. The molecule has 1 aliphatic rings. The van der Waals surface area contributed by atoms with Crippen LogP contribution in [0.3, 0.4) is 0 Å². The highest BCUT2D eigenvalue weighted by atomic mass is 32.2. The lowest BCUT2D eigenvalue weighted by Crippen LogP contribution is -2.37. The molecule has 2 unspecified atom stereocenters. The van der Waals surface area contributed by atoms with E-state index in [1.807, 2.05) is 0 Å². The summed E-state index contributed by atoms with van der Waals surface area (Å²) in [6.45, 7) is 1.77. The number of aliphatic hydroxyl groups is 1. The molecule has 1 fully saturated rings. The molecule has 1 aromatic carbocycles. The van der Waals surface area contributed by atoms with Crippen molar-refractivity contribution in [3.63, 3.8) is 0 Å². The summed E-state index contributed by atoms with van der Waals surface area (Å²) in [5.41, 5.74) is 1.26. The van der Waals surface area contributed by atoms with E-state index in [0.29, 0.717) is 24.1 Å². The van der Waals surface area contributed by atoms with Gasteiger partial charge in [0.1, 0.15) is 0 Å². The highest BCUT2D eigenvalue weighted by molar-refractivity contribution is 7.92. The normalized spacial score (nSPS) is 21.7. The number of amides is 2. The zero-order valence-electron chi connectivity index (χ0n) is 11.9. The van der Waals surface area contributed by atoms with Crippen LogP contribution in [0.5, 0.6) is 0 Å². The van der Waals surface area contributed by atoms with Crippen LogP contribution in [0, 0.1) is 0 Å². The molecule has 2 rings (SSSR count). The van der Waals surface area contributed by atoms with Gasteiger partial charge in [0.15, 0.2) is 9.84 Å². The van der Waals surface area contributed by atoms with E-state index in [4.69, 9.17) is 0 Å². The predicted molar refractivity (Wildman–Crippen MR) is 80.9 cm³/mol. The van der Waals surface area contributed by atoms with Gasteiger partial charge in [-0.3, -0.25) is 0 Å². The number of aliphatic hydroxyl groups excluding tert-OH is 1. The smallest absolute Gasteiger partial charge is 0.319 e. The Morgan fingerprint density at radius 3 is 2.86 bits per heavy atom. The summed E-state index contributed by atoms with van der Waals surface area (Å²) >= 11 is 0. The SMILES string of the molecule is CC(O)c1cccc(NC(=O)NCC2CCCS2(=O)=O)c1. The first-order valence-electron chi connectivity index (χ1n) is 6.93. The van der Waals surface area contributed by atoms with Crippen molar-refractivity contribution in [2.45, 2.75) is 31.1 Å². The predicted octanol–water partition coefficient (Wildman–Crippen LogP) is 1.44. The Hall–Kier alpha value is -1.60. The quantitative estimate of drug-likeness (QED) is 0.784. The number of anilines is 1. The fraction of sp³-hybridized carbons (Fsp3) is 0.500. The topological polar surface area (TPSA) is 95.5 Å². The average molecular weight is 312 g/mol. The minimum Gasteiger partial charge on any atom is -0.389 e. The molecule has 0 aliphatic carbocycles. The molecular formula is C14H20N2O4S. The van der Waals surface area contributed by atoms with E-state index in [2.05, 4.69) is 10.6 Å². The second-order valence-electron chi connectivity index (χ2n) is 5.27. The summed E-state index contributed by atoms with van der Waals surface area (Å²) in [5, 5.41) is 14.2. The molecule has 116 valence electrons. The summed E-state index contributed by atoms with van der Waals surface area (Å²) in [7, 11) is -3.05. The maximum absolute atomic E-state index is 11.8. The molecule has 21 heavy (non-hydrogen) atoms. The Labute approximate surface area is 124 Å². The Balaban J connectivity index is 1.89. The second kappa shape index (κ2) is 6.44. The Morgan fingerprint density at radius 2 is 2.24 bits per heavy atom. The molecule has 7 heteroatoms. The van der Waals surface area contributed by atoms with E-state index >= 15 is 0 Å². The minimum absolute atomic E-state index is 0.129. The molecule has 0 aromatic heterocycles. The maximum atomic E-state index is 11.8. The number of carbonyl (C=O) groups is 1. The molecule has 0 saturated carbocycles. The minimum atomic E-state index is -3.05. The van der Waals surface area contributed by atoms with Crippen molar-refractivity contribution in [3.05, 3.63) is 29.8 Å². The largest absolute Gasteiger partial charge is 0.389 e. The third-order valence-corrected chi connectivity index (χ3v) is 5.86. The Bertz CT molecular complexity index is 613. The molecule has 0 radical (unpaired) electrons. The van der Waals surface area contributed by atoms with Crippen molar-refractivity contribution in [3.8, 4) is 0 Å². The number of hydrogen-bond acceptors (Lipinski definition) is 4. The molecule has 0 bridgehead atoms. The van der Waals surface area contributed by atoms with Crippen LogP contribution >= 0.6 is 0 Å². The van der Waals surface area contributed by atoms with Crippen LogP contribution in [0.1, 0.15) is 31.4 Å². The van der Waals surface area contributed by atoms with Gasteiger partial charge in [-0.1, -0.05) is 12.1 Å². The summed E-state index contributed by atoms with van der Waals surface area (Å²) in [6, 6.07) is 6.44. The van der Waals surface area contributed by atoms with Crippen LogP contribution in [0.4, 0.5) is 10.5 Å². The van der Waals surface area contributed by atoms with Gasteiger partial charge in [-0.2, -0.15) is 0 Å². The lowest BCUT2D eigenvalue weighted by Gasteiger charge is -2.12. The Kier molecular flexibility index (Phi) is 4.84. The third-order valence-electron chi connectivity index (χ3n) is 3.58. The first-order valence-corrected chi connectivity index (χ1v) is 8.64. The highest BCUT2D eigenvalue weighted by Crippen LogP contribution is 2.19. The van der Waals surface area contributed by atoms with E-state index in [9.17, 15) is 18.3 Å². The number of urea groups is 1. The standard InChI is InChI=1S/C14H20N2O4S/c1-10(17)11-4-2-5-12(8-11)16-14(18)15-9-13-6-3-7-21(13,19)20/h2,4-5,8,10,13,17H,3,6-7,9H2,1H3,(H2,15,16,18). The fourth-order valence-electron chi connectivity index (χ4n) is 2.35. The van der Waals surface area contributed by atoms with Gasteiger partial charge in [-0.25, -0.2) is 13.2 Å². The van der Waals surface area contributed by atoms with E-state index in [1.165, 1.54) is 0 Å². The molecular weight excluding hydrogens is 292 g/mol. The van der Waals surface area contributed by atoms with Crippen LogP contribution in [0.15, 0.2) is 24.3 Å². The summed E-state index contributed by atoms with van der Waals surface area (Å²) in [6.07, 6.45) is 0.644. The number of carbonyl (C=O) groups excluding carboxylic acids is 1. The summed E-state index contributed by atoms with van der Waals surface area (Å²) < 4.78 is 23.3. The number of rotatable bonds is 4. The number of nitrogens with one attached hydrogen (secondary N) is 2. The zero-order chi connectivity index (χ0) is 15.5. The molecule has 3 N–H and O–H groups in total. The lowest BCUT2D eigenvalue weighted by atomic mass is 10.1. The van der Waals surface area contributed by atoms with E-state index in [1.54, 1.807) is 31.2 Å². The zero-order valence-corrected chi connectivity index (χ0v) is 12.7. The monoisotopic (exact) mass is 312 g/mol. The van der Waals surface area contributed by atoms with Gasteiger partial charge in [-0.05, 0) is 37.5 Å². The number of hydrogen-bond donors (Lipinski definition) is 3. The molecule has 2 atom stereocenters. The summed E-state index contributed by atoms with van der Waals surface area (Å²) in [4.78, 5) is 11.8. The van der Waals surface area contributed by atoms with Crippen LogP contribution in [0.2, 0.25) is 0 Å². The van der Waals surface area contributed by atoms with Gasteiger partial charge in [0.05, 0.1) is 17.1 Å². The molecule has 2 amide bonds. The maximum Gasteiger partial charge on any atom is 0.319 e. The number of sulfone groups is 1. The van der Waals surface area contributed by atoms with Crippen molar-refractivity contribution < 1.29 is 18.3 Å². The van der Waals surface area contributed by atoms with Crippen LogP contribution < -0.4 is 10.6 Å². The molecule has 1 saturated heterocycles. The first kappa shape index (κ1) is 15.8. The van der Waals surface area contributed by atoms with Gasteiger partial charge in [0.25, 0.3) is 0 Å². The number of benzene rings is 1. The van der Waals surface area contributed by atoms with Crippen LogP contribution in [0.25, 0.3) is 0 Å². The van der Waals surface area contributed by atoms with Crippen LogP contribution in [-0.4, -0.2) is 37.1 Å². The lowest BCUT2D eigenvalue weighted by molar-refractivity contribution is 0.199. The molecule has 6 nitrogen and oxygen atoms in total. The van der Waals surface area contributed by atoms with Gasteiger partial charge < -0.3 is 15.7 Å². The van der Waals surface area contributed by atoms with Crippen molar-refractivity contribution in [2.75, 3.05) is 17.6 Å². The van der Waals surface area contributed by atoms with Gasteiger partial charge in [-0.15, -0.1) is 0 Å². The van der Waals surface area contributed by atoms with Crippen LogP contribution in [-0.2, 0) is 9.84 Å². The van der Waals surface area contributed by atoms with Gasteiger partial charge in [0.2, 0.25) is 0 Å². The van der Waals surface area contributed by atoms with E-state index in [0.717, 1.165) is 0 Å². The average Bonchev–Trinajstić information content (AvgIpc) is 2.75. The second-order valence-corrected chi connectivity index (χ2v) is 7.67. The highest BCUT2D eigenvalue weighted by Gasteiger charge is 2.31. The molecule has 1 aliphatic heterocycles. The van der Waals surface area contributed by atoms with Gasteiger partial charge in [0, 0.05) is 12.2 Å². The molecule has 0 spiro atoms. The Morgan fingerprint density at radius 1 is 1.48 bits per heavy atom. The molecule has 1 heterocycles. The van der Waals surface area contributed by atoms with Crippen molar-refractivity contribution in [2.24, 2.45) is 0 Å². The molecule has 1 aromatic rings. The van der Waals surface area contributed by atoms with Crippen molar-refractivity contribution >= 4 is 21.6 Å².